The fourth-order valence-electron chi connectivity index (χ4n) is 4.64. The van der Waals surface area contributed by atoms with E-state index in [1.54, 1.807) is 11.8 Å². The van der Waals surface area contributed by atoms with Gasteiger partial charge in [-0.1, -0.05) is 55.5 Å². The highest BCUT2D eigenvalue weighted by molar-refractivity contribution is 5.83. The number of benzene rings is 2. The van der Waals surface area contributed by atoms with Crippen molar-refractivity contribution >= 4 is 18.0 Å². The summed E-state index contributed by atoms with van der Waals surface area (Å²) >= 11 is 0. The lowest BCUT2D eigenvalue weighted by Gasteiger charge is -2.45. The molecule has 1 atom stereocenters. The molecule has 2 aromatic rings. The highest BCUT2D eigenvalue weighted by Crippen LogP contribution is 2.44. The number of amides is 2. The van der Waals surface area contributed by atoms with E-state index in [4.69, 9.17) is 9.84 Å². The zero-order chi connectivity index (χ0) is 23.6. The summed E-state index contributed by atoms with van der Waals surface area (Å²) in [6.07, 6.45) is 0.487. The highest BCUT2D eigenvalue weighted by atomic mass is 16.5. The van der Waals surface area contributed by atoms with Crippen LogP contribution < -0.4 is 5.32 Å². The maximum atomic E-state index is 12.3. The Balaban J connectivity index is 1.20. The lowest BCUT2D eigenvalue weighted by molar-refractivity contribution is -0.164. The minimum Gasteiger partial charge on any atom is -0.481 e. The molecule has 1 heterocycles. The summed E-state index contributed by atoms with van der Waals surface area (Å²) in [7, 11) is 0. The van der Waals surface area contributed by atoms with Gasteiger partial charge in [-0.15, -0.1) is 0 Å². The second kappa shape index (κ2) is 9.25. The van der Waals surface area contributed by atoms with Gasteiger partial charge >= 0.3 is 12.1 Å². The molecule has 1 fully saturated rings. The van der Waals surface area contributed by atoms with Gasteiger partial charge in [0.1, 0.15) is 6.61 Å². The molecular formula is C26H30N2O5. The number of ether oxygens (including phenoxy) is 1. The van der Waals surface area contributed by atoms with Crippen LogP contribution in [0.15, 0.2) is 48.5 Å². The number of rotatable bonds is 8. The summed E-state index contributed by atoms with van der Waals surface area (Å²) in [6.45, 7) is 4.82. The molecule has 0 saturated carbocycles. The van der Waals surface area contributed by atoms with Crippen LogP contribution in [0.4, 0.5) is 4.79 Å². The second-order valence-corrected chi connectivity index (χ2v) is 9.47. The molecule has 1 unspecified atom stereocenters. The molecule has 33 heavy (non-hydrogen) atoms. The second-order valence-electron chi connectivity index (χ2n) is 9.47. The molecule has 2 aromatic carbocycles. The van der Waals surface area contributed by atoms with Crippen LogP contribution in [0.2, 0.25) is 0 Å². The first-order chi connectivity index (χ1) is 15.8. The first-order valence-electron chi connectivity index (χ1n) is 11.4. The Morgan fingerprint density at radius 1 is 1.09 bits per heavy atom. The number of nitrogens with zero attached hydrogens (tertiary/aromatic N) is 1. The van der Waals surface area contributed by atoms with Crippen molar-refractivity contribution in [3.05, 3.63) is 59.7 Å². The average Bonchev–Trinajstić information content (AvgIpc) is 3.11. The number of hydrogen-bond acceptors (Lipinski definition) is 4. The molecule has 2 amide bonds. The number of nitrogens with one attached hydrogen (secondary N) is 1. The molecule has 0 bridgehead atoms. The number of carbonyl (C=O) groups excluding carboxylic acids is 2. The Hall–Kier alpha value is -3.35. The van der Waals surface area contributed by atoms with Crippen molar-refractivity contribution < 1.29 is 24.2 Å². The summed E-state index contributed by atoms with van der Waals surface area (Å²) in [5, 5.41) is 12.0. The molecule has 2 aliphatic rings. The summed E-state index contributed by atoms with van der Waals surface area (Å²) in [4.78, 5) is 37.3. The van der Waals surface area contributed by atoms with Gasteiger partial charge < -0.3 is 20.1 Å². The van der Waals surface area contributed by atoms with E-state index in [0.717, 1.165) is 0 Å². The summed E-state index contributed by atoms with van der Waals surface area (Å²) in [5.74, 6) is -0.790. The normalized spacial score (nSPS) is 16.8. The van der Waals surface area contributed by atoms with Gasteiger partial charge in [-0.05, 0) is 41.5 Å². The number of carboxylic acid groups (broad SMARTS) is 1. The van der Waals surface area contributed by atoms with Gasteiger partial charge in [0.25, 0.3) is 0 Å². The summed E-state index contributed by atoms with van der Waals surface area (Å²) in [6, 6.07) is 16.4. The number of likely N-dealkylation sites (tertiary alicyclic amines) is 1. The summed E-state index contributed by atoms with van der Waals surface area (Å²) in [5.41, 5.74) is 3.89. The minimum atomic E-state index is -0.868. The SMILES string of the molecule is CC(CCC(=O)N1CC(C)(C(=O)O)C1)CNC(=O)OCC1c2ccccc2-c2ccccc21. The Labute approximate surface area is 193 Å². The maximum absolute atomic E-state index is 12.3. The molecule has 7 heteroatoms. The number of fused-ring (bicyclic) bond motifs is 3. The van der Waals surface area contributed by atoms with Crippen molar-refractivity contribution in [2.45, 2.75) is 32.6 Å². The van der Waals surface area contributed by atoms with Gasteiger partial charge in [-0.25, -0.2) is 4.79 Å². The Bertz CT molecular complexity index is 1010. The van der Waals surface area contributed by atoms with Gasteiger partial charge in [0, 0.05) is 32.0 Å². The van der Waals surface area contributed by atoms with Crippen LogP contribution in [0.3, 0.4) is 0 Å². The highest BCUT2D eigenvalue weighted by Gasteiger charge is 2.47. The van der Waals surface area contributed by atoms with E-state index in [-0.39, 0.29) is 37.4 Å². The standard InChI is InChI=1S/C26H30N2O5/c1-17(11-12-23(29)28-15-26(2,16-28)24(30)31)13-27-25(32)33-14-22-20-9-5-3-7-18(20)19-8-4-6-10-21(19)22/h3-10,17,22H,11-16H2,1-2H3,(H,27,32)(H,30,31). The molecule has 7 nitrogen and oxygen atoms in total. The first kappa shape index (κ1) is 22.8. The molecule has 1 saturated heterocycles. The van der Waals surface area contributed by atoms with E-state index < -0.39 is 17.5 Å². The Kier molecular flexibility index (Phi) is 6.40. The predicted molar refractivity (Wildman–Crippen MR) is 124 cm³/mol. The maximum Gasteiger partial charge on any atom is 0.407 e. The van der Waals surface area contributed by atoms with E-state index >= 15 is 0 Å². The number of aliphatic carboxylic acids is 1. The molecule has 174 valence electrons. The zero-order valence-corrected chi connectivity index (χ0v) is 19.0. The molecule has 1 aliphatic heterocycles. The number of alkyl carbamates (subject to hydrolysis) is 1. The van der Waals surface area contributed by atoms with E-state index in [2.05, 4.69) is 29.6 Å². The van der Waals surface area contributed by atoms with Crippen LogP contribution in [0.1, 0.15) is 43.7 Å². The predicted octanol–water partition coefficient (Wildman–Crippen LogP) is 3.87. The smallest absolute Gasteiger partial charge is 0.407 e. The van der Waals surface area contributed by atoms with Crippen LogP contribution in [0.5, 0.6) is 0 Å². The largest absolute Gasteiger partial charge is 0.481 e. The monoisotopic (exact) mass is 450 g/mol. The first-order valence-corrected chi connectivity index (χ1v) is 11.4. The van der Waals surface area contributed by atoms with E-state index in [9.17, 15) is 14.4 Å². The Morgan fingerprint density at radius 2 is 1.67 bits per heavy atom. The molecule has 1 aliphatic carbocycles. The van der Waals surface area contributed by atoms with E-state index in [0.29, 0.717) is 19.4 Å². The van der Waals surface area contributed by atoms with Crippen molar-refractivity contribution in [3.63, 3.8) is 0 Å². The molecule has 4 rings (SSSR count). The van der Waals surface area contributed by atoms with E-state index in [1.165, 1.54) is 22.3 Å². The number of carbonyl (C=O) groups is 3. The van der Waals surface area contributed by atoms with Crippen LogP contribution in [-0.2, 0) is 14.3 Å². The molecule has 2 N–H and O–H groups in total. The van der Waals surface area contributed by atoms with E-state index in [1.807, 2.05) is 31.2 Å². The minimum absolute atomic E-state index is 0.0196. The third-order valence-corrected chi connectivity index (χ3v) is 6.74. The van der Waals surface area contributed by atoms with Crippen LogP contribution >= 0.6 is 0 Å². The average molecular weight is 451 g/mol. The Morgan fingerprint density at radius 3 is 2.24 bits per heavy atom. The molecule has 0 spiro atoms. The van der Waals surface area contributed by atoms with Crippen molar-refractivity contribution in [1.29, 1.82) is 0 Å². The van der Waals surface area contributed by atoms with Crippen LogP contribution in [0, 0.1) is 11.3 Å². The zero-order valence-electron chi connectivity index (χ0n) is 19.0. The fourth-order valence-corrected chi connectivity index (χ4v) is 4.64. The molecule has 0 radical (unpaired) electrons. The molecule has 0 aromatic heterocycles. The number of carboxylic acids is 1. The summed E-state index contributed by atoms with van der Waals surface area (Å²) < 4.78 is 5.54. The van der Waals surface area contributed by atoms with Gasteiger partial charge in [-0.3, -0.25) is 9.59 Å². The lowest BCUT2D eigenvalue weighted by Crippen LogP contribution is -2.60. The lowest BCUT2D eigenvalue weighted by atomic mass is 9.82. The molecular weight excluding hydrogens is 420 g/mol. The third kappa shape index (κ3) is 4.72. The van der Waals surface area contributed by atoms with Crippen molar-refractivity contribution in [1.82, 2.24) is 10.2 Å². The third-order valence-electron chi connectivity index (χ3n) is 6.74. The quantitative estimate of drug-likeness (QED) is 0.636. The van der Waals surface area contributed by atoms with Crippen LogP contribution in [0.25, 0.3) is 11.1 Å². The fraction of sp³-hybridized carbons (Fsp3) is 0.423. The van der Waals surface area contributed by atoms with Gasteiger partial charge in [0.2, 0.25) is 5.91 Å². The van der Waals surface area contributed by atoms with Gasteiger partial charge in [0.05, 0.1) is 5.41 Å². The number of hydrogen-bond donors (Lipinski definition) is 2. The van der Waals surface area contributed by atoms with Gasteiger partial charge in [0.15, 0.2) is 0 Å². The van der Waals surface area contributed by atoms with Crippen molar-refractivity contribution in [3.8, 4) is 11.1 Å². The van der Waals surface area contributed by atoms with Gasteiger partial charge in [-0.2, -0.15) is 0 Å². The topological polar surface area (TPSA) is 95.9 Å². The van der Waals surface area contributed by atoms with Crippen molar-refractivity contribution in [2.75, 3.05) is 26.2 Å². The van der Waals surface area contributed by atoms with Crippen LogP contribution in [-0.4, -0.2) is 54.2 Å². The van der Waals surface area contributed by atoms with Crippen molar-refractivity contribution in [2.24, 2.45) is 11.3 Å².